The maximum Gasteiger partial charge on any atom is 0.274 e. The molecule has 1 saturated carbocycles. The standard InChI is InChI=1S/C19H19F3N4O3/c20-12-3-4-13(18(22)17(12)21)23-16(27)10-26-15(11-1-2-11)9-14(24-26)19(28)25-5-7-29-8-6-25/h3-4,9,11H,1-2,5-8,10H2,(H,23,27). The molecule has 0 bridgehead atoms. The maximum atomic E-state index is 13.8. The Hall–Kier alpha value is -2.88. The molecule has 0 spiro atoms. The van der Waals surface area contributed by atoms with Crippen molar-refractivity contribution in [1.29, 1.82) is 0 Å². The van der Waals surface area contributed by atoms with Crippen LogP contribution < -0.4 is 5.32 Å². The zero-order chi connectivity index (χ0) is 20.5. The molecule has 29 heavy (non-hydrogen) atoms. The Balaban J connectivity index is 1.50. The Morgan fingerprint density at radius 1 is 1.14 bits per heavy atom. The van der Waals surface area contributed by atoms with E-state index in [0.29, 0.717) is 26.3 Å². The quantitative estimate of drug-likeness (QED) is 0.771. The van der Waals surface area contributed by atoms with Crippen molar-refractivity contribution >= 4 is 17.5 Å². The number of ether oxygens (including phenoxy) is 1. The summed E-state index contributed by atoms with van der Waals surface area (Å²) in [5, 5.41) is 6.50. The summed E-state index contributed by atoms with van der Waals surface area (Å²) in [6, 6.07) is 3.36. The van der Waals surface area contributed by atoms with Crippen LogP contribution in [0, 0.1) is 17.5 Å². The highest BCUT2D eigenvalue weighted by Crippen LogP contribution is 2.40. The van der Waals surface area contributed by atoms with E-state index in [1.807, 2.05) is 0 Å². The van der Waals surface area contributed by atoms with Gasteiger partial charge in [0.25, 0.3) is 5.91 Å². The molecule has 1 saturated heterocycles. The second-order valence-corrected chi connectivity index (χ2v) is 7.06. The highest BCUT2D eigenvalue weighted by molar-refractivity contribution is 5.93. The van der Waals surface area contributed by atoms with Crippen LogP contribution in [0.25, 0.3) is 0 Å². The first-order valence-electron chi connectivity index (χ1n) is 9.32. The molecule has 2 aromatic rings. The van der Waals surface area contributed by atoms with Crippen LogP contribution in [0.2, 0.25) is 0 Å². The normalized spacial score (nSPS) is 16.7. The third kappa shape index (κ3) is 4.12. The summed E-state index contributed by atoms with van der Waals surface area (Å²) in [6.07, 6.45) is 1.85. The van der Waals surface area contributed by atoms with Crippen molar-refractivity contribution in [3.05, 3.63) is 47.0 Å². The number of benzene rings is 1. The molecule has 0 radical (unpaired) electrons. The molecule has 4 rings (SSSR count). The number of carbonyl (C=O) groups excluding carboxylic acids is 2. The van der Waals surface area contributed by atoms with Crippen molar-refractivity contribution in [1.82, 2.24) is 14.7 Å². The molecule has 154 valence electrons. The molecule has 2 amide bonds. The van der Waals surface area contributed by atoms with Crippen LogP contribution in [-0.2, 0) is 16.1 Å². The summed E-state index contributed by atoms with van der Waals surface area (Å²) < 4.78 is 46.8. The van der Waals surface area contributed by atoms with Gasteiger partial charge in [-0.3, -0.25) is 14.3 Å². The van der Waals surface area contributed by atoms with Gasteiger partial charge in [-0.2, -0.15) is 5.10 Å². The summed E-state index contributed by atoms with van der Waals surface area (Å²) in [5.41, 5.74) is 0.529. The predicted octanol–water partition coefficient (Wildman–Crippen LogP) is 2.29. The lowest BCUT2D eigenvalue weighted by molar-refractivity contribution is -0.117. The number of aromatic nitrogens is 2. The third-order valence-electron chi connectivity index (χ3n) is 4.93. The van der Waals surface area contributed by atoms with Gasteiger partial charge in [0.1, 0.15) is 6.54 Å². The third-order valence-corrected chi connectivity index (χ3v) is 4.93. The fraction of sp³-hybridized carbons (Fsp3) is 0.421. The predicted molar refractivity (Wildman–Crippen MR) is 95.9 cm³/mol. The number of rotatable bonds is 5. The molecule has 7 nitrogen and oxygen atoms in total. The van der Waals surface area contributed by atoms with Gasteiger partial charge in [-0.25, -0.2) is 13.2 Å². The van der Waals surface area contributed by atoms with E-state index < -0.39 is 29.0 Å². The van der Waals surface area contributed by atoms with E-state index in [1.165, 1.54) is 4.68 Å². The Morgan fingerprint density at radius 2 is 1.86 bits per heavy atom. The van der Waals surface area contributed by atoms with Gasteiger partial charge >= 0.3 is 0 Å². The monoisotopic (exact) mass is 408 g/mol. The van der Waals surface area contributed by atoms with Crippen LogP contribution in [0.5, 0.6) is 0 Å². The highest BCUT2D eigenvalue weighted by Gasteiger charge is 2.31. The van der Waals surface area contributed by atoms with Crippen LogP contribution in [0.15, 0.2) is 18.2 Å². The number of nitrogens with zero attached hydrogens (tertiary/aromatic N) is 3. The van der Waals surface area contributed by atoms with Crippen LogP contribution in [0.1, 0.15) is 34.9 Å². The first kappa shape index (κ1) is 19.4. The van der Waals surface area contributed by atoms with E-state index in [-0.39, 0.29) is 24.1 Å². The van der Waals surface area contributed by atoms with Gasteiger partial charge in [0.2, 0.25) is 5.91 Å². The number of hydrogen-bond acceptors (Lipinski definition) is 4. The van der Waals surface area contributed by atoms with E-state index >= 15 is 0 Å². The van der Waals surface area contributed by atoms with E-state index in [4.69, 9.17) is 4.74 Å². The fourth-order valence-corrected chi connectivity index (χ4v) is 3.25. The number of nitrogens with one attached hydrogen (secondary N) is 1. The van der Waals surface area contributed by atoms with Gasteiger partial charge < -0.3 is 15.0 Å². The summed E-state index contributed by atoms with van der Waals surface area (Å²) in [4.78, 5) is 26.6. The molecule has 2 aliphatic rings. The number of carbonyl (C=O) groups is 2. The molecule has 1 aliphatic carbocycles. The van der Waals surface area contributed by atoms with Crippen LogP contribution in [0.3, 0.4) is 0 Å². The van der Waals surface area contributed by atoms with E-state index in [2.05, 4.69) is 10.4 Å². The Kier molecular flexibility index (Phi) is 5.27. The highest BCUT2D eigenvalue weighted by atomic mass is 19.2. The largest absolute Gasteiger partial charge is 0.378 e. The van der Waals surface area contributed by atoms with Gasteiger partial charge in [0, 0.05) is 24.7 Å². The van der Waals surface area contributed by atoms with Crippen molar-refractivity contribution in [3.8, 4) is 0 Å². The van der Waals surface area contributed by atoms with Crippen molar-refractivity contribution in [3.63, 3.8) is 0 Å². The van der Waals surface area contributed by atoms with Gasteiger partial charge in [0.15, 0.2) is 23.1 Å². The number of morpholine rings is 1. The van der Waals surface area contributed by atoms with Crippen LogP contribution in [0.4, 0.5) is 18.9 Å². The smallest absolute Gasteiger partial charge is 0.274 e. The summed E-state index contributed by atoms with van der Waals surface area (Å²) in [7, 11) is 0. The molecule has 1 aliphatic heterocycles. The molecule has 1 N–H and O–H groups in total. The van der Waals surface area contributed by atoms with Gasteiger partial charge in [0.05, 0.1) is 18.9 Å². The number of halogens is 3. The van der Waals surface area contributed by atoms with Crippen LogP contribution >= 0.6 is 0 Å². The molecule has 2 fully saturated rings. The van der Waals surface area contributed by atoms with Gasteiger partial charge in [-0.1, -0.05) is 0 Å². The zero-order valence-electron chi connectivity index (χ0n) is 15.5. The molecule has 1 aromatic heterocycles. The maximum absolute atomic E-state index is 13.8. The van der Waals surface area contributed by atoms with Crippen molar-refractivity contribution in [2.75, 3.05) is 31.6 Å². The molecular weight excluding hydrogens is 389 g/mol. The first-order valence-corrected chi connectivity index (χ1v) is 9.32. The van der Waals surface area contributed by atoms with Crippen molar-refractivity contribution < 1.29 is 27.5 Å². The molecule has 1 aromatic carbocycles. The topological polar surface area (TPSA) is 76.5 Å². The summed E-state index contributed by atoms with van der Waals surface area (Å²) in [6.45, 7) is 1.59. The molecule has 0 unspecified atom stereocenters. The Morgan fingerprint density at radius 3 is 2.55 bits per heavy atom. The lowest BCUT2D eigenvalue weighted by Crippen LogP contribution is -2.40. The van der Waals surface area contributed by atoms with E-state index in [0.717, 1.165) is 30.7 Å². The number of hydrogen-bond donors (Lipinski definition) is 1. The molecule has 2 heterocycles. The van der Waals surface area contributed by atoms with Gasteiger partial charge in [-0.15, -0.1) is 0 Å². The van der Waals surface area contributed by atoms with Gasteiger partial charge in [-0.05, 0) is 31.0 Å². The first-order chi connectivity index (χ1) is 13.9. The summed E-state index contributed by atoms with van der Waals surface area (Å²) >= 11 is 0. The van der Waals surface area contributed by atoms with Crippen LogP contribution in [-0.4, -0.2) is 52.8 Å². The second kappa shape index (κ2) is 7.86. The number of amides is 2. The minimum Gasteiger partial charge on any atom is -0.378 e. The van der Waals surface area contributed by atoms with Crippen molar-refractivity contribution in [2.45, 2.75) is 25.3 Å². The average Bonchev–Trinajstić information content (AvgIpc) is 3.49. The minimum absolute atomic E-state index is 0.210. The van der Waals surface area contributed by atoms with Crippen molar-refractivity contribution in [2.24, 2.45) is 0 Å². The molecule has 10 heteroatoms. The lowest BCUT2D eigenvalue weighted by atomic mass is 10.2. The Labute approximate surface area is 164 Å². The SMILES string of the molecule is O=C(Cn1nc(C(=O)N2CCOCC2)cc1C1CC1)Nc1ccc(F)c(F)c1F. The fourth-order valence-electron chi connectivity index (χ4n) is 3.25. The lowest BCUT2D eigenvalue weighted by Gasteiger charge is -2.25. The average molecular weight is 408 g/mol. The van der Waals surface area contributed by atoms with E-state index in [1.54, 1.807) is 11.0 Å². The zero-order valence-corrected chi connectivity index (χ0v) is 15.5. The molecule has 0 atom stereocenters. The number of anilines is 1. The van der Waals surface area contributed by atoms with E-state index in [9.17, 15) is 22.8 Å². The molecular formula is C19H19F3N4O3. The minimum atomic E-state index is -1.65. The Bertz CT molecular complexity index is 952. The second-order valence-electron chi connectivity index (χ2n) is 7.06. The summed E-state index contributed by atoms with van der Waals surface area (Å²) in [5.74, 6) is -5.15.